The maximum Gasteiger partial charge on any atom is 0.324 e. The van der Waals surface area contributed by atoms with Crippen LogP contribution < -0.4 is 20.1 Å². The van der Waals surface area contributed by atoms with E-state index in [0.29, 0.717) is 11.9 Å². The maximum absolute atomic E-state index is 5.64. The fourth-order valence-corrected chi connectivity index (χ4v) is 2.37. The molecular formula is C12H21N5O2. The van der Waals surface area contributed by atoms with Crippen molar-refractivity contribution in [2.24, 2.45) is 11.7 Å². The number of hydrogen-bond acceptors (Lipinski definition) is 7. The van der Waals surface area contributed by atoms with Crippen LogP contribution in [0.25, 0.3) is 0 Å². The highest BCUT2D eigenvalue weighted by molar-refractivity contribution is 5.32. The summed E-state index contributed by atoms with van der Waals surface area (Å²) < 4.78 is 10.1. The van der Waals surface area contributed by atoms with Crippen molar-refractivity contribution < 1.29 is 9.47 Å². The smallest absolute Gasteiger partial charge is 0.324 e. The first-order valence-corrected chi connectivity index (χ1v) is 6.56. The van der Waals surface area contributed by atoms with Gasteiger partial charge in [-0.1, -0.05) is 0 Å². The number of hydrogen-bond donors (Lipinski definition) is 1. The van der Waals surface area contributed by atoms with E-state index in [-0.39, 0.29) is 12.0 Å². The summed E-state index contributed by atoms with van der Waals surface area (Å²) in [5.41, 5.74) is 5.64. The second kappa shape index (κ2) is 6.51. The molecule has 1 unspecified atom stereocenters. The van der Waals surface area contributed by atoms with Crippen LogP contribution >= 0.6 is 0 Å². The van der Waals surface area contributed by atoms with Crippen molar-refractivity contribution in [3.05, 3.63) is 0 Å². The molecule has 0 amide bonds. The summed E-state index contributed by atoms with van der Waals surface area (Å²) in [5.74, 6) is 1.22. The molecule has 106 valence electrons. The van der Waals surface area contributed by atoms with Crippen LogP contribution in [0.5, 0.6) is 12.0 Å². The van der Waals surface area contributed by atoms with E-state index in [4.69, 9.17) is 15.2 Å². The van der Waals surface area contributed by atoms with Crippen molar-refractivity contribution in [3.63, 3.8) is 0 Å². The van der Waals surface area contributed by atoms with Crippen LogP contribution in [0, 0.1) is 5.92 Å². The summed E-state index contributed by atoms with van der Waals surface area (Å²) >= 11 is 0. The lowest BCUT2D eigenvalue weighted by Gasteiger charge is -2.32. The number of nitrogens with zero attached hydrogens (tertiary/aromatic N) is 4. The van der Waals surface area contributed by atoms with Crippen molar-refractivity contribution in [2.75, 3.05) is 38.8 Å². The molecule has 1 aliphatic rings. The third kappa shape index (κ3) is 3.44. The van der Waals surface area contributed by atoms with Gasteiger partial charge in [0.1, 0.15) is 0 Å². The Hall–Kier alpha value is -1.63. The molecule has 19 heavy (non-hydrogen) atoms. The van der Waals surface area contributed by atoms with Gasteiger partial charge in [0.05, 0.1) is 14.2 Å². The predicted octanol–water partition coefficient (Wildman–Crippen LogP) is 0.454. The lowest BCUT2D eigenvalue weighted by atomic mass is 9.95. The largest absolute Gasteiger partial charge is 0.467 e. The van der Waals surface area contributed by atoms with Gasteiger partial charge in [-0.15, -0.1) is 4.98 Å². The van der Waals surface area contributed by atoms with Gasteiger partial charge in [0.25, 0.3) is 0 Å². The van der Waals surface area contributed by atoms with Gasteiger partial charge in [-0.2, -0.15) is 9.97 Å². The van der Waals surface area contributed by atoms with Crippen LogP contribution in [-0.2, 0) is 0 Å². The standard InChI is InChI=1S/C12H21N5O2/c1-18-11-14-10(15-12(16-11)19-2)17-7-3-4-9(8-17)5-6-13/h9H,3-8,13H2,1-2H3. The highest BCUT2D eigenvalue weighted by atomic mass is 16.5. The molecule has 7 nitrogen and oxygen atoms in total. The molecule has 1 aliphatic heterocycles. The summed E-state index contributed by atoms with van der Waals surface area (Å²) in [5, 5.41) is 0. The molecule has 1 fully saturated rings. The molecule has 0 radical (unpaired) electrons. The van der Waals surface area contributed by atoms with Crippen molar-refractivity contribution >= 4 is 5.95 Å². The molecule has 0 aromatic carbocycles. The normalized spacial score (nSPS) is 19.3. The van der Waals surface area contributed by atoms with Crippen LogP contribution in [0.4, 0.5) is 5.95 Å². The third-order valence-corrected chi connectivity index (χ3v) is 3.32. The van der Waals surface area contributed by atoms with E-state index in [1.807, 2.05) is 0 Å². The average Bonchev–Trinajstić information content (AvgIpc) is 2.47. The second-order valence-corrected chi connectivity index (χ2v) is 4.64. The molecule has 0 aliphatic carbocycles. The first-order chi connectivity index (χ1) is 9.26. The topological polar surface area (TPSA) is 86.4 Å². The lowest BCUT2D eigenvalue weighted by Crippen LogP contribution is -2.37. The number of piperidine rings is 1. The number of methoxy groups -OCH3 is 2. The highest BCUT2D eigenvalue weighted by Gasteiger charge is 2.22. The monoisotopic (exact) mass is 267 g/mol. The van der Waals surface area contributed by atoms with E-state index in [9.17, 15) is 0 Å². The molecule has 0 bridgehead atoms. The minimum Gasteiger partial charge on any atom is -0.467 e. The Balaban J connectivity index is 2.15. The van der Waals surface area contributed by atoms with Crippen LogP contribution in [-0.4, -0.2) is 48.8 Å². The summed E-state index contributed by atoms with van der Waals surface area (Å²) in [6.45, 7) is 2.59. The summed E-state index contributed by atoms with van der Waals surface area (Å²) in [7, 11) is 3.07. The first kappa shape index (κ1) is 13.8. The zero-order valence-corrected chi connectivity index (χ0v) is 11.5. The maximum atomic E-state index is 5.64. The summed E-state index contributed by atoms with van der Waals surface area (Å²) in [4.78, 5) is 14.7. The van der Waals surface area contributed by atoms with Crippen LogP contribution in [0.3, 0.4) is 0 Å². The number of anilines is 1. The Kier molecular flexibility index (Phi) is 4.73. The van der Waals surface area contributed by atoms with E-state index in [2.05, 4.69) is 19.9 Å². The van der Waals surface area contributed by atoms with Gasteiger partial charge in [0, 0.05) is 13.1 Å². The first-order valence-electron chi connectivity index (χ1n) is 6.56. The molecule has 2 N–H and O–H groups in total. The molecule has 7 heteroatoms. The van der Waals surface area contributed by atoms with Crippen LogP contribution in [0.1, 0.15) is 19.3 Å². The molecule has 2 heterocycles. The van der Waals surface area contributed by atoms with Gasteiger partial charge in [0.2, 0.25) is 5.95 Å². The van der Waals surface area contributed by atoms with Crippen molar-refractivity contribution in [1.82, 2.24) is 15.0 Å². The number of aromatic nitrogens is 3. The third-order valence-electron chi connectivity index (χ3n) is 3.32. The van der Waals surface area contributed by atoms with Gasteiger partial charge in [-0.3, -0.25) is 0 Å². The number of ether oxygens (including phenoxy) is 2. The van der Waals surface area contributed by atoms with E-state index in [1.54, 1.807) is 0 Å². The SMILES string of the molecule is COc1nc(OC)nc(N2CCCC(CCN)C2)n1. The second-order valence-electron chi connectivity index (χ2n) is 4.64. The van der Waals surface area contributed by atoms with Crippen LogP contribution in [0.2, 0.25) is 0 Å². The minimum absolute atomic E-state index is 0.280. The molecule has 2 rings (SSSR count). The van der Waals surface area contributed by atoms with Crippen molar-refractivity contribution in [1.29, 1.82) is 0 Å². The quantitative estimate of drug-likeness (QED) is 0.829. The van der Waals surface area contributed by atoms with Crippen molar-refractivity contribution in [2.45, 2.75) is 19.3 Å². The zero-order chi connectivity index (χ0) is 13.7. The molecule has 1 atom stereocenters. The molecule has 1 saturated heterocycles. The Morgan fingerprint density at radius 1 is 1.21 bits per heavy atom. The Labute approximate surface area is 113 Å². The fourth-order valence-electron chi connectivity index (χ4n) is 2.37. The van der Waals surface area contributed by atoms with Gasteiger partial charge < -0.3 is 20.1 Å². The molecular weight excluding hydrogens is 246 g/mol. The fraction of sp³-hybridized carbons (Fsp3) is 0.750. The lowest BCUT2D eigenvalue weighted by molar-refractivity contribution is 0.336. The van der Waals surface area contributed by atoms with E-state index >= 15 is 0 Å². The summed E-state index contributed by atoms with van der Waals surface area (Å²) in [6.07, 6.45) is 3.38. The predicted molar refractivity (Wildman–Crippen MR) is 71.5 cm³/mol. The number of rotatable bonds is 5. The average molecular weight is 267 g/mol. The molecule has 0 saturated carbocycles. The van der Waals surface area contributed by atoms with Gasteiger partial charge in [0.15, 0.2) is 0 Å². The van der Waals surface area contributed by atoms with Gasteiger partial charge >= 0.3 is 12.0 Å². The Bertz CT molecular complexity index is 391. The summed E-state index contributed by atoms with van der Waals surface area (Å²) in [6, 6.07) is 0.561. The minimum atomic E-state index is 0.280. The van der Waals surface area contributed by atoms with Gasteiger partial charge in [-0.25, -0.2) is 0 Å². The number of nitrogens with two attached hydrogens (primary N) is 1. The van der Waals surface area contributed by atoms with E-state index in [1.165, 1.54) is 20.6 Å². The molecule has 1 aromatic heterocycles. The van der Waals surface area contributed by atoms with E-state index in [0.717, 1.165) is 32.5 Å². The Morgan fingerprint density at radius 2 is 1.89 bits per heavy atom. The highest BCUT2D eigenvalue weighted by Crippen LogP contribution is 2.24. The molecule has 0 spiro atoms. The Morgan fingerprint density at radius 3 is 2.47 bits per heavy atom. The van der Waals surface area contributed by atoms with Gasteiger partial charge in [-0.05, 0) is 31.7 Å². The van der Waals surface area contributed by atoms with Crippen LogP contribution in [0.15, 0.2) is 0 Å². The van der Waals surface area contributed by atoms with E-state index < -0.39 is 0 Å². The molecule has 1 aromatic rings. The zero-order valence-electron chi connectivity index (χ0n) is 11.5. The van der Waals surface area contributed by atoms with Crippen molar-refractivity contribution in [3.8, 4) is 12.0 Å².